The first-order valence-corrected chi connectivity index (χ1v) is 7.91. The van der Waals surface area contributed by atoms with E-state index in [1.54, 1.807) is 12.1 Å². The van der Waals surface area contributed by atoms with Crippen LogP contribution in [0.4, 0.5) is 0 Å². The van der Waals surface area contributed by atoms with Gasteiger partial charge in [0.05, 0.1) is 0 Å². The summed E-state index contributed by atoms with van der Waals surface area (Å²) in [7, 11) is 0. The zero-order valence-corrected chi connectivity index (χ0v) is 13.3. The molecule has 0 heterocycles. The second-order valence-corrected chi connectivity index (χ2v) is 5.67. The Balaban J connectivity index is 2.78. The monoisotopic (exact) mass is 307 g/mol. The molecule has 0 aliphatic heterocycles. The van der Waals surface area contributed by atoms with E-state index in [0.717, 1.165) is 44.0 Å². The second kappa shape index (κ2) is 9.92. The third-order valence-electron chi connectivity index (χ3n) is 4.05. The maximum atomic E-state index is 11.4. The number of benzene rings is 1. The van der Waals surface area contributed by atoms with Crippen molar-refractivity contribution >= 4 is 6.29 Å². The lowest BCUT2D eigenvalue weighted by Crippen LogP contribution is -2.25. The van der Waals surface area contributed by atoms with Gasteiger partial charge in [0.1, 0.15) is 12.4 Å². The molecule has 0 unspecified atom stereocenters. The molecule has 0 aromatic heterocycles. The summed E-state index contributed by atoms with van der Waals surface area (Å²) in [6.45, 7) is 3.98. The van der Waals surface area contributed by atoms with Crippen LogP contribution >= 0.6 is 0 Å². The molecule has 0 N–H and O–H groups in total. The Bertz CT molecular complexity index is 449. The maximum absolute atomic E-state index is 11.4. The summed E-state index contributed by atoms with van der Waals surface area (Å²) >= 11 is 0. The predicted octanol–water partition coefficient (Wildman–Crippen LogP) is 4.36. The van der Waals surface area contributed by atoms with E-state index >= 15 is 0 Å². The Hall–Kier alpha value is -1.91. The van der Waals surface area contributed by atoms with Crippen molar-refractivity contribution in [3.63, 3.8) is 0 Å². The molecule has 0 bridgehead atoms. The molecule has 1 aromatic carbocycles. The van der Waals surface area contributed by atoms with Crippen LogP contribution < -0.4 is 0 Å². The highest BCUT2D eigenvalue weighted by Gasteiger charge is 2.29. The normalized spacial score (nSPS) is 14.8. The minimum absolute atomic E-state index is 0.234. The first kappa shape index (κ1) is 18.1. The number of hydrogen-bond donors (Lipinski definition) is 0. The van der Waals surface area contributed by atoms with Crippen LogP contribution in [0.15, 0.2) is 30.3 Å². The minimum Gasteiger partial charge on any atom is -0.306 e. The summed E-state index contributed by atoms with van der Waals surface area (Å²) in [5, 5.41) is 10.0. The van der Waals surface area contributed by atoms with Crippen LogP contribution in [-0.2, 0) is 9.63 Å². The number of carbonyl (C=O) groups is 1. The smallest absolute Gasteiger partial charge is 0.295 e. The van der Waals surface area contributed by atoms with Crippen molar-refractivity contribution in [3.05, 3.63) is 46.0 Å². The summed E-state index contributed by atoms with van der Waals surface area (Å²) in [5.74, 6) is -0.478. The van der Waals surface area contributed by atoms with Crippen LogP contribution in [0.2, 0.25) is 0 Å². The van der Waals surface area contributed by atoms with Gasteiger partial charge in [0.25, 0.3) is 5.09 Å². The Labute approximate surface area is 131 Å². The molecular weight excluding hydrogens is 282 g/mol. The summed E-state index contributed by atoms with van der Waals surface area (Å²) in [6, 6.07) is 9.07. The van der Waals surface area contributed by atoms with Crippen molar-refractivity contribution in [2.75, 3.05) is 0 Å². The largest absolute Gasteiger partial charge is 0.306 e. The molecule has 5 nitrogen and oxygen atoms in total. The summed E-state index contributed by atoms with van der Waals surface area (Å²) in [6.07, 6.45) is 5.27. The Morgan fingerprint density at radius 3 is 2.45 bits per heavy atom. The molecule has 0 amide bonds. The van der Waals surface area contributed by atoms with Gasteiger partial charge in [-0.1, -0.05) is 69.9 Å². The van der Waals surface area contributed by atoms with E-state index in [1.807, 2.05) is 25.1 Å². The Morgan fingerprint density at radius 1 is 1.23 bits per heavy atom. The van der Waals surface area contributed by atoms with E-state index in [0.29, 0.717) is 0 Å². The Morgan fingerprint density at radius 2 is 1.91 bits per heavy atom. The first-order valence-electron chi connectivity index (χ1n) is 7.91. The molecule has 0 spiro atoms. The maximum Gasteiger partial charge on any atom is 0.295 e. The number of hydrogen-bond acceptors (Lipinski definition) is 4. The van der Waals surface area contributed by atoms with Crippen LogP contribution in [0, 0.1) is 22.0 Å². The molecule has 0 fully saturated rings. The molecular formula is C17H25NO4. The molecule has 5 heteroatoms. The van der Waals surface area contributed by atoms with Gasteiger partial charge >= 0.3 is 0 Å². The number of carbonyl (C=O) groups excluding carboxylic acids is 1. The van der Waals surface area contributed by atoms with E-state index < -0.39 is 11.2 Å². The van der Waals surface area contributed by atoms with Gasteiger partial charge in [-0.2, -0.15) is 0 Å². The van der Waals surface area contributed by atoms with E-state index in [4.69, 9.17) is 4.84 Å². The average molecular weight is 307 g/mol. The van der Waals surface area contributed by atoms with E-state index in [9.17, 15) is 14.9 Å². The number of unbranched alkanes of at least 4 members (excludes halogenated alkanes) is 3. The molecule has 122 valence electrons. The van der Waals surface area contributed by atoms with Crippen LogP contribution in [0.1, 0.15) is 57.6 Å². The molecule has 1 rings (SSSR count). The van der Waals surface area contributed by atoms with Gasteiger partial charge in [0, 0.05) is 5.92 Å². The molecule has 0 aliphatic carbocycles. The minimum atomic E-state index is -0.771. The summed E-state index contributed by atoms with van der Waals surface area (Å²) < 4.78 is 0. The van der Waals surface area contributed by atoms with Crippen molar-refractivity contribution < 1.29 is 14.7 Å². The quantitative estimate of drug-likeness (QED) is 0.264. The molecule has 3 atom stereocenters. The topological polar surface area (TPSA) is 69.4 Å². The zero-order valence-electron chi connectivity index (χ0n) is 13.3. The van der Waals surface area contributed by atoms with Crippen molar-refractivity contribution in [1.29, 1.82) is 0 Å². The van der Waals surface area contributed by atoms with Crippen molar-refractivity contribution in [1.82, 2.24) is 0 Å². The highest BCUT2D eigenvalue weighted by atomic mass is 17.0. The van der Waals surface area contributed by atoms with Crippen LogP contribution in [-0.4, -0.2) is 11.4 Å². The fraction of sp³-hybridized carbons (Fsp3) is 0.588. The zero-order chi connectivity index (χ0) is 16.4. The van der Waals surface area contributed by atoms with Gasteiger partial charge in [-0.15, -0.1) is 10.1 Å². The van der Waals surface area contributed by atoms with Gasteiger partial charge in [0.15, 0.2) is 0 Å². The summed E-state index contributed by atoms with van der Waals surface area (Å²) in [5.41, 5.74) is 0.729. The van der Waals surface area contributed by atoms with E-state index in [1.165, 1.54) is 0 Å². The number of nitrogens with zero attached hydrogens (tertiary/aromatic N) is 1. The third kappa shape index (κ3) is 5.84. The van der Waals surface area contributed by atoms with E-state index in [2.05, 4.69) is 6.92 Å². The van der Waals surface area contributed by atoms with E-state index in [-0.39, 0.29) is 11.8 Å². The van der Waals surface area contributed by atoms with Gasteiger partial charge in [-0.3, -0.25) is 0 Å². The molecule has 1 aromatic rings. The fourth-order valence-electron chi connectivity index (χ4n) is 2.68. The summed E-state index contributed by atoms with van der Waals surface area (Å²) in [4.78, 5) is 27.1. The molecule has 0 saturated heterocycles. The third-order valence-corrected chi connectivity index (χ3v) is 4.05. The van der Waals surface area contributed by atoms with Gasteiger partial charge in [-0.25, -0.2) is 0 Å². The van der Waals surface area contributed by atoms with Crippen LogP contribution in [0.3, 0.4) is 0 Å². The lowest BCUT2D eigenvalue weighted by atomic mass is 9.83. The highest BCUT2D eigenvalue weighted by molar-refractivity contribution is 5.54. The van der Waals surface area contributed by atoms with Crippen LogP contribution in [0.25, 0.3) is 0 Å². The molecule has 0 saturated carbocycles. The van der Waals surface area contributed by atoms with Gasteiger partial charge < -0.3 is 9.63 Å². The number of aldehydes is 1. The van der Waals surface area contributed by atoms with Crippen molar-refractivity contribution in [2.45, 2.75) is 52.1 Å². The van der Waals surface area contributed by atoms with Crippen molar-refractivity contribution in [3.8, 4) is 0 Å². The SMILES string of the molecule is CCCCCC[C@H](C=O)[C@@H](C)[C@H](O[N+](=O)[O-])c1ccccc1. The molecule has 0 aliphatic rings. The predicted molar refractivity (Wildman–Crippen MR) is 84.7 cm³/mol. The number of rotatable bonds is 11. The van der Waals surface area contributed by atoms with Gasteiger partial charge in [0.2, 0.25) is 0 Å². The Kier molecular flexibility index (Phi) is 8.18. The lowest BCUT2D eigenvalue weighted by molar-refractivity contribution is -0.773. The fourth-order valence-corrected chi connectivity index (χ4v) is 2.68. The van der Waals surface area contributed by atoms with Crippen molar-refractivity contribution in [2.24, 2.45) is 11.8 Å². The second-order valence-electron chi connectivity index (χ2n) is 5.67. The van der Waals surface area contributed by atoms with Crippen LogP contribution in [0.5, 0.6) is 0 Å². The van der Waals surface area contributed by atoms with Gasteiger partial charge in [-0.05, 0) is 17.9 Å². The highest BCUT2D eigenvalue weighted by Crippen LogP contribution is 2.33. The standard InChI is InChI=1S/C17H25NO4/c1-3-4-5-7-12-16(13-19)14(2)17(22-18(20)21)15-10-8-6-9-11-15/h6,8-11,13-14,16-17H,3-5,7,12H2,1-2H3/t14-,16-,17+/m1/s1. The average Bonchev–Trinajstić information content (AvgIpc) is 2.53. The molecule has 22 heavy (non-hydrogen) atoms. The first-order chi connectivity index (χ1) is 10.6. The lowest BCUT2D eigenvalue weighted by Gasteiger charge is -2.26. The molecule has 0 radical (unpaired) electrons.